The van der Waals surface area contributed by atoms with Crippen LogP contribution in [-0.2, 0) is 5.41 Å². The van der Waals surface area contributed by atoms with Gasteiger partial charge in [0, 0.05) is 16.8 Å². The third-order valence-corrected chi connectivity index (χ3v) is 13.1. The first-order chi connectivity index (χ1) is 29.8. The summed E-state index contributed by atoms with van der Waals surface area (Å²) < 4.78 is 2.35. The lowest BCUT2D eigenvalue weighted by Crippen LogP contribution is -2.25. The first-order valence-corrected chi connectivity index (χ1v) is 20.8. The van der Waals surface area contributed by atoms with E-state index in [9.17, 15) is 0 Å². The predicted molar refractivity (Wildman–Crippen MR) is 247 cm³/mol. The minimum absolute atomic E-state index is 0.373. The van der Waals surface area contributed by atoms with E-state index in [1.54, 1.807) is 0 Å². The van der Waals surface area contributed by atoms with Gasteiger partial charge in [-0.05, 0) is 120 Å². The topological polar surface area (TPSA) is 17.8 Å². The average molecular weight is 761 g/mol. The molecule has 8 aromatic carbocycles. The molecule has 0 aliphatic heterocycles. The van der Waals surface area contributed by atoms with Gasteiger partial charge in [0.25, 0.3) is 0 Å². The average Bonchev–Trinajstić information content (AvgIpc) is 3.82. The Morgan fingerprint density at radius 2 is 0.933 bits per heavy atom. The first kappa shape index (κ1) is 33.2. The van der Waals surface area contributed by atoms with E-state index in [-0.39, 0.29) is 5.41 Å². The standard InChI is InChI=1S/C58H36N2/c1-3-16-37(17-4-1)41-34-35-46(55(48-36-47(41)48)39-18-5-2-6-19-39)57-59-53-28-13-14-29-54(53)60(57)40-32-30-38(31-33-40)42-23-15-27-52-56(42)45-22-9-12-26-51(45)58(52)49-24-10-7-20-43(49)44-21-8-11-25-50(44)58/h1-36H. The van der Waals surface area contributed by atoms with Crippen LogP contribution in [0.2, 0.25) is 0 Å². The Labute approximate surface area is 349 Å². The van der Waals surface area contributed by atoms with Crippen molar-refractivity contribution in [3.63, 3.8) is 0 Å². The minimum Gasteiger partial charge on any atom is -0.292 e. The fourth-order valence-electron chi connectivity index (χ4n) is 10.6. The molecule has 0 unspecified atom stereocenters. The van der Waals surface area contributed by atoms with Gasteiger partial charge in [0.15, 0.2) is 0 Å². The molecule has 0 amide bonds. The second kappa shape index (κ2) is 12.6. The Morgan fingerprint density at radius 3 is 1.65 bits per heavy atom. The molecular formula is C58H36N2. The summed E-state index contributed by atoms with van der Waals surface area (Å²) in [5, 5.41) is 0. The summed E-state index contributed by atoms with van der Waals surface area (Å²) in [7, 11) is 0. The second-order valence-corrected chi connectivity index (χ2v) is 16.2. The zero-order chi connectivity index (χ0) is 39.4. The number of fused-ring (bicyclic) bond motifs is 12. The molecule has 4 aliphatic carbocycles. The SMILES string of the molecule is C1=C2C(c3ccccc3)=CC=C(c3nc4ccccc4n3-c3ccc(-c4cccc5c4-c4ccccc4C54c5ccccc5-c5ccccc54)cc3)C(c3ccccc3)=C12. The molecule has 0 saturated heterocycles. The summed E-state index contributed by atoms with van der Waals surface area (Å²) in [6.07, 6.45) is 6.91. The Bertz CT molecular complexity index is 3340. The molecule has 0 fully saturated rings. The maximum atomic E-state index is 5.42. The Hall–Kier alpha value is -7.81. The molecule has 2 heteroatoms. The summed E-state index contributed by atoms with van der Waals surface area (Å²) in [6, 6.07) is 73.2. The van der Waals surface area contributed by atoms with Gasteiger partial charge in [0.1, 0.15) is 5.82 Å². The zero-order valence-electron chi connectivity index (χ0n) is 32.7. The molecule has 60 heavy (non-hydrogen) atoms. The number of allylic oxidation sites excluding steroid dienone is 8. The number of nitrogens with zero attached hydrogens (tertiary/aromatic N) is 2. The molecule has 4 aliphatic rings. The smallest absolute Gasteiger partial charge is 0.146 e. The van der Waals surface area contributed by atoms with Gasteiger partial charge >= 0.3 is 0 Å². The van der Waals surface area contributed by atoms with Crippen molar-refractivity contribution in [1.29, 1.82) is 0 Å². The third kappa shape index (κ3) is 4.56. The molecule has 0 radical (unpaired) electrons. The maximum Gasteiger partial charge on any atom is 0.146 e. The molecule has 1 aromatic heterocycles. The zero-order valence-corrected chi connectivity index (χ0v) is 32.7. The number of rotatable bonds is 5. The molecule has 0 atom stereocenters. The molecule has 2 nitrogen and oxygen atoms in total. The van der Waals surface area contributed by atoms with E-state index in [4.69, 9.17) is 4.98 Å². The maximum absolute atomic E-state index is 5.42. The fraction of sp³-hybridized carbons (Fsp3) is 0.0172. The molecular weight excluding hydrogens is 725 g/mol. The van der Waals surface area contributed by atoms with Crippen molar-refractivity contribution in [2.45, 2.75) is 5.41 Å². The van der Waals surface area contributed by atoms with Crippen LogP contribution in [0.1, 0.15) is 39.2 Å². The fourth-order valence-corrected chi connectivity index (χ4v) is 10.6. The van der Waals surface area contributed by atoms with Gasteiger partial charge in [-0.25, -0.2) is 4.98 Å². The van der Waals surface area contributed by atoms with Crippen LogP contribution in [0.25, 0.3) is 66.8 Å². The number of hydrogen-bond donors (Lipinski definition) is 0. The van der Waals surface area contributed by atoms with Gasteiger partial charge < -0.3 is 0 Å². The van der Waals surface area contributed by atoms with Gasteiger partial charge in [-0.1, -0.05) is 182 Å². The van der Waals surface area contributed by atoms with Crippen LogP contribution < -0.4 is 0 Å². The summed E-state index contributed by atoms with van der Waals surface area (Å²) >= 11 is 0. The Kier molecular flexibility index (Phi) is 6.97. The van der Waals surface area contributed by atoms with E-state index in [0.717, 1.165) is 28.1 Å². The lowest BCUT2D eigenvalue weighted by molar-refractivity contribution is 0.794. The van der Waals surface area contributed by atoms with Crippen molar-refractivity contribution < 1.29 is 0 Å². The first-order valence-electron chi connectivity index (χ1n) is 20.8. The van der Waals surface area contributed by atoms with Crippen LogP contribution in [0.3, 0.4) is 0 Å². The van der Waals surface area contributed by atoms with Gasteiger partial charge in [-0.3, -0.25) is 4.57 Å². The van der Waals surface area contributed by atoms with E-state index in [1.165, 1.54) is 89.1 Å². The highest BCUT2D eigenvalue weighted by atomic mass is 15.1. The van der Waals surface area contributed by atoms with Crippen LogP contribution in [0, 0.1) is 0 Å². The van der Waals surface area contributed by atoms with E-state index < -0.39 is 0 Å². The highest BCUT2D eigenvalue weighted by Gasteiger charge is 2.52. The van der Waals surface area contributed by atoms with E-state index in [1.807, 2.05) is 0 Å². The van der Waals surface area contributed by atoms with Crippen LogP contribution in [-0.4, -0.2) is 9.55 Å². The predicted octanol–water partition coefficient (Wildman–Crippen LogP) is 13.9. The van der Waals surface area contributed by atoms with E-state index in [2.05, 4.69) is 223 Å². The van der Waals surface area contributed by atoms with Crippen molar-refractivity contribution >= 4 is 27.8 Å². The highest BCUT2D eigenvalue weighted by Crippen LogP contribution is 2.64. The number of hydrogen-bond acceptors (Lipinski definition) is 1. The summed E-state index contributed by atoms with van der Waals surface area (Å²) in [5.74, 6) is 0.926. The lowest BCUT2D eigenvalue weighted by Gasteiger charge is -2.30. The van der Waals surface area contributed by atoms with Gasteiger partial charge in [0.05, 0.1) is 16.4 Å². The van der Waals surface area contributed by atoms with Crippen molar-refractivity contribution in [3.05, 3.63) is 269 Å². The quantitative estimate of drug-likeness (QED) is 0.171. The highest BCUT2D eigenvalue weighted by molar-refractivity contribution is 6.15. The minimum atomic E-state index is -0.373. The van der Waals surface area contributed by atoms with Crippen molar-refractivity contribution in [3.8, 4) is 39.1 Å². The molecule has 9 aromatic rings. The normalized spacial score (nSPS) is 15.0. The van der Waals surface area contributed by atoms with Crippen molar-refractivity contribution in [2.24, 2.45) is 0 Å². The Balaban J connectivity index is 0.984. The second-order valence-electron chi connectivity index (χ2n) is 16.2. The lowest BCUT2D eigenvalue weighted by atomic mass is 9.70. The molecule has 0 bridgehead atoms. The summed E-state index contributed by atoms with van der Waals surface area (Å²) in [4.78, 5) is 5.42. The van der Waals surface area contributed by atoms with Crippen LogP contribution >= 0.6 is 0 Å². The van der Waals surface area contributed by atoms with E-state index in [0.29, 0.717) is 0 Å². The van der Waals surface area contributed by atoms with Crippen LogP contribution in [0.4, 0.5) is 0 Å². The number of benzene rings is 8. The third-order valence-electron chi connectivity index (χ3n) is 13.1. The monoisotopic (exact) mass is 760 g/mol. The summed E-state index contributed by atoms with van der Waals surface area (Å²) in [5.41, 5.74) is 24.4. The molecule has 1 heterocycles. The summed E-state index contributed by atoms with van der Waals surface area (Å²) in [6.45, 7) is 0. The van der Waals surface area contributed by atoms with Crippen molar-refractivity contribution in [1.82, 2.24) is 9.55 Å². The van der Waals surface area contributed by atoms with E-state index >= 15 is 0 Å². The molecule has 13 rings (SSSR count). The molecule has 0 saturated carbocycles. The molecule has 0 N–H and O–H groups in total. The van der Waals surface area contributed by atoms with Gasteiger partial charge in [-0.15, -0.1) is 0 Å². The number of imidazole rings is 1. The van der Waals surface area contributed by atoms with Gasteiger partial charge in [-0.2, -0.15) is 0 Å². The van der Waals surface area contributed by atoms with Crippen LogP contribution in [0.5, 0.6) is 0 Å². The molecule has 1 spiro atoms. The van der Waals surface area contributed by atoms with Crippen LogP contribution in [0.15, 0.2) is 230 Å². The van der Waals surface area contributed by atoms with Crippen molar-refractivity contribution in [2.75, 3.05) is 0 Å². The largest absolute Gasteiger partial charge is 0.292 e. The Morgan fingerprint density at radius 1 is 0.383 bits per heavy atom. The molecule has 278 valence electrons. The number of para-hydroxylation sites is 2. The number of aromatic nitrogens is 2. The van der Waals surface area contributed by atoms with Gasteiger partial charge in [0.2, 0.25) is 0 Å².